The van der Waals surface area contributed by atoms with Gasteiger partial charge in [0.1, 0.15) is 6.26 Å². The zero-order valence-corrected chi connectivity index (χ0v) is 12.7. The third-order valence-electron chi connectivity index (χ3n) is 4.47. The molecular formula is C17H21N3O2. The summed E-state index contributed by atoms with van der Waals surface area (Å²) in [6.07, 6.45) is 6.21. The monoisotopic (exact) mass is 299 g/mol. The van der Waals surface area contributed by atoms with E-state index in [0.29, 0.717) is 18.4 Å². The van der Waals surface area contributed by atoms with E-state index in [1.165, 1.54) is 0 Å². The highest BCUT2D eigenvalue weighted by atomic mass is 16.3. The van der Waals surface area contributed by atoms with Gasteiger partial charge in [-0.2, -0.15) is 0 Å². The van der Waals surface area contributed by atoms with E-state index in [2.05, 4.69) is 10.3 Å². The van der Waals surface area contributed by atoms with Crippen LogP contribution in [0.4, 0.5) is 5.69 Å². The molecule has 1 saturated carbocycles. The Hall–Kier alpha value is -2.14. The molecule has 116 valence electrons. The third kappa shape index (κ3) is 2.90. The average molecular weight is 299 g/mol. The van der Waals surface area contributed by atoms with Gasteiger partial charge in [-0.1, -0.05) is 12.5 Å². The van der Waals surface area contributed by atoms with E-state index in [4.69, 9.17) is 10.2 Å². The maximum Gasteiger partial charge on any atom is 0.227 e. The maximum atomic E-state index is 12.5. The molecule has 1 aromatic heterocycles. The number of oxazole rings is 1. The number of anilines is 1. The van der Waals surface area contributed by atoms with Gasteiger partial charge in [0.25, 0.3) is 0 Å². The number of carbonyl (C=O) groups excluding carboxylic acids is 1. The molecule has 5 heteroatoms. The van der Waals surface area contributed by atoms with Gasteiger partial charge >= 0.3 is 0 Å². The first-order valence-corrected chi connectivity index (χ1v) is 7.70. The van der Waals surface area contributed by atoms with Crippen LogP contribution >= 0.6 is 0 Å². The summed E-state index contributed by atoms with van der Waals surface area (Å²) in [6.45, 7) is 2.57. The molecule has 2 atom stereocenters. The first-order valence-electron chi connectivity index (χ1n) is 7.70. The van der Waals surface area contributed by atoms with Crippen LogP contribution in [0.2, 0.25) is 0 Å². The Kier molecular flexibility index (Phi) is 4.24. The van der Waals surface area contributed by atoms with Crippen LogP contribution in [0.5, 0.6) is 0 Å². The lowest BCUT2D eigenvalue weighted by molar-refractivity contribution is -0.120. The van der Waals surface area contributed by atoms with Gasteiger partial charge in [-0.25, -0.2) is 4.98 Å². The minimum atomic E-state index is 0.0245. The highest BCUT2D eigenvalue weighted by Gasteiger charge is 2.31. The van der Waals surface area contributed by atoms with Crippen molar-refractivity contribution in [1.29, 1.82) is 0 Å². The van der Waals surface area contributed by atoms with E-state index in [1.807, 2.05) is 25.1 Å². The van der Waals surface area contributed by atoms with Gasteiger partial charge < -0.3 is 15.5 Å². The first kappa shape index (κ1) is 14.8. The topological polar surface area (TPSA) is 81.2 Å². The minimum Gasteiger partial charge on any atom is -0.445 e. The molecule has 3 rings (SSSR count). The molecule has 1 heterocycles. The lowest BCUT2D eigenvalue weighted by Crippen LogP contribution is -2.29. The van der Waals surface area contributed by atoms with Crippen LogP contribution < -0.4 is 11.1 Å². The zero-order chi connectivity index (χ0) is 15.5. The zero-order valence-electron chi connectivity index (χ0n) is 12.7. The van der Waals surface area contributed by atoms with E-state index in [9.17, 15) is 4.79 Å². The molecule has 0 spiro atoms. The van der Waals surface area contributed by atoms with Gasteiger partial charge in [-0.05, 0) is 49.9 Å². The number of amides is 1. The molecule has 0 unspecified atom stereocenters. The van der Waals surface area contributed by atoms with Crippen molar-refractivity contribution >= 4 is 11.6 Å². The fraction of sp³-hybridized carbons (Fsp3) is 0.412. The molecule has 0 radical (unpaired) electrons. The third-order valence-corrected chi connectivity index (χ3v) is 4.47. The molecule has 0 aliphatic heterocycles. The Morgan fingerprint density at radius 1 is 1.45 bits per heavy atom. The SMILES string of the molecule is Cc1ccc(NC(=O)[C@@H]2CCC[C@@H]2CN)cc1-c1ncco1. The van der Waals surface area contributed by atoms with Crippen molar-refractivity contribution in [3.05, 3.63) is 36.2 Å². The Morgan fingerprint density at radius 2 is 2.32 bits per heavy atom. The number of aromatic nitrogens is 1. The summed E-state index contributed by atoms with van der Waals surface area (Å²) >= 11 is 0. The molecule has 1 amide bonds. The van der Waals surface area contributed by atoms with Crippen molar-refractivity contribution in [2.45, 2.75) is 26.2 Å². The number of nitrogens with two attached hydrogens (primary N) is 1. The normalized spacial score (nSPS) is 21.0. The van der Waals surface area contributed by atoms with Gasteiger partial charge in [-0.3, -0.25) is 4.79 Å². The molecule has 1 aliphatic carbocycles. The molecule has 0 bridgehead atoms. The summed E-state index contributed by atoms with van der Waals surface area (Å²) in [5.41, 5.74) is 8.48. The van der Waals surface area contributed by atoms with Crippen LogP contribution in [-0.4, -0.2) is 17.4 Å². The average Bonchev–Trinajstić information content (AvgIpc) is 3.20. The second-order valence-corrected chi connectivity index (χ2v) is 5.89. The van der Waals surface area contributed by atoms with E-state index < -0.39 is 0 Å². The number of carbonyl (C=O) groups is 1. The van der Waals surface area contributed by atoms with E-state index in [0.717, 1.165) is 36.1 Å². The van der Waals surface area contributed by atoms with E-state index >= 15 is 0 Å². The molecule has 5 nitrogen and oxygen atoms in total. The van der Waals surface area contributed by atoms with Crippen molar-refractivity contribution < 1.29 is 9.21 Å². The summed E-state index contributed by atoms with van der Waals surface area (Å²) in [6, 6.07) is 5.78. The lowest BCUT2D eigenvalue weighted by Gasteiger charge is -2.17. The van der Waals surface area contributed by atoms with Gasteiger partial charge in [0.05, 0.1) is 6.20 Å². The number of nitrogens with one attached hydrogen (secondary N) is 1. The molecular weight excluding hydrogens is 278 g/mol. The van der Waals surface area contributed by atoms with Crippen LogP contribution in [0.3, 0.4) is 0 Å². The molecule has 3 N–H and O–H groups in total. The molecule has 2 aromatic rings. The van der Waals surface area contributed by atoms with Crippen molar-refractivity contribution in [2.24, 2.45) is 17.6 Å². The molecule has 1 fully saturated rings. The minimum absolute atomic E-state index is 0.0245. The van der Waals surface area contributed by atoms with Crippen LogP contribution in [-0.2, 0) is 4.79 Å². The molecule has 1 aliphatic rings. The van der Waals surface area contributed by atoms with Crippen LogP contribution in [0.1, 0.15) is 24.8 Å². The largest absolute Gasteiger partial charge is 0.445 e. The first-order chi connectivity index (χ1) is 10.7. The Balaban J connectivity index is 1.78. The fourth-order valence-electron chi connectivity index (χ4n) is 3.19. The van der Waals surface area contributed by atoms with Gasteiger partial charge in [0.15, 0.2) is 0 Å². The fourth-order valence-corrected chi connectivity index (χ4v) is 3.19. The van der Waals surface area contributed by atoms with E-state index in [-0.39, 0.29) is 11.8 Å². The van der Waals surface area contributed by atoms with E-state index in [1.54, 1.807) is 12.5 Å². The summed E-state index contributed by atoms with van der Waals surface area (Å²) in [7, 11) is 0. The second-order valence-electron chi connectivity index (χ2n) is 5.89. The molecule has 0 saturated heterocycles. The standard InChI is InChI=1S/C17H21N3O2/c1-11-5-6-13(9-15(11)17-19-7-8-22-17)20-16(21)14-4-2-3-12(14)10-18/h5-9,12,14H,2-4,10,18H2,1H3,(H,20,21)/t12-,14-/m1/s1. The van der Waals surface area contributed by atoms with Crippen molar-refractivity contribution in [1.82, 2.24) is 4.98 Å². The molecule has 22 heavy (non-hydrogen) atoms. The second kappa shape index (κ2) is 6.32. The van der Waals surface area contributed by atoms with Gasteiger partial charge in [0, 0.05) is 17.2 Å². The van der Waals surface area contributed by atoms with Crippen molar-refractivity contribution in [2.75, 3.05) is 11.9 Å². The Morgan fingerprint density at radius 3 is 3.05 bits per heavy atom. The lowest BCUT2D eigenvalue weighted by atomic mass is 9.95. The highest BCUT2D eigenvalue weighted by molar-refractivity contribution is 5.93. The Labute approximate surface area is 129 Å². The van der Waals surface area contributed by atoms with Crippen LogP contribution in [0, 0.1) is 18.8 Å². The van der Waals surface area contributed by atoms with Crippen molar-refractivity contribution in [3.63, 3.8) is 0 Å². The van der Waals surface area contributed by atoms with Crippen molar-refractivity contribution in [3.8, 4) is 11.5 Å². The highest BCUT2D eigenvalue weighted by Crippen LogP contribution is 2.32. The summed E-state index contributed by atoms with van der Waals surface area (Å²) < 4.78 is 5.35. The quantitative estimate of drug-likeness (QED) is 0.909. The summed E-state index contributed by atoms with van der Waals surface area (Å²) in [5, 5.41) is 3.01. The van der Waals surface area contributed by atoms with Crippen LogP contribution in [0.15, 0.2) is 35.1 Å². The summed E-state index contributed by atoms with van der Waals surface area (Å²) in [5.74, 6) is 0.956. The van der Waals surface area contributed by atoms with Gasteiger partial charge in [-0.15, -0.1) is 0 Å². The number of benzene rings is 1. The number of nitrogens with zero attached hydrogens (tertiary/aromatic N) is 1. The Bertz CT molecular complexity index is 652. The predicted molar refractivity (Wildman–Crippen MR) is 85.2 cm³/mol. The predicted octanol–water partition coefficient (Wildman–Crippen LogP) is 2.96. The maximum absolute atomic E-state index is 12.5. The van der Waals surface area contributed by atoms with Crippen LogP contribution in [0.25, 0.3) is 11.5 Å². The smallest absolute Gasteiger partial charge is 0.227 e. The summed E-state index contributed by atoms with van der Waals surface area (Å²) in [4.78, 5) is 16.6. The number of rotatable bonds is 4. The number of hydrogen-bond acceptors (Lipinski definition) is 4. The van der Waals surface area contributed by atoms with Gasteiger partial charge in [0.2, 0.25) is 11.8 Å². The molecule has 1 aromatic carbocycles. The number of hydrogen-bond donors (Lipinski definition) is 2. The number of aryl methyl sites for hydroxylation is 1.